The third-order valence-electron chi connectivity index (χ3n) is 9.70. The minimum atomic E-state index is -4.48. The van der Waals surface area contributed by atoms with Gasteiger partial charge in [-0.15, -0.1) is 0 Å². The first-order valence-corrected chi connectivity index (χ1v) is 24.4. The van der Waals surface area contributed by atoms with E-state index in [1.807, 2.05) is 0 Å². The van der Waals surface area contributed by atoms with E-state index >= 15 is 0 Å². The molecular weight excluding hydrogens is 763 g/mol. The molecule has 0 aliphatic rings. The van der Waals surface area contributed by atoms with E-state index in [1.165, 1.54) is 77.0 Å². The molecule has 0 amide bonds. The maximum Gasteiger partial charge on any atom is 0.475 e. The van der Waals surface area contributed by atoms with E-state index in [1.54, 1.807) is 0 Å². The summed E-state index contributed by atoms with van der Waals surface area (Å²) in [4.78, 5) is 25.4. The highest BCUT2D eigenvalue weighted by molar-refractivity contribution is 7.48. The van der Waals surface area contributed by atoms with E-state index in [9.17, 15) is 24.4 Å². The summed E-state index contributed by atoms with van der Waals surface area (Å²) in [7, 11) is -4.48. The molecule has 0 aromatic carbocycles. The number of allylic oxidation sites excluding steroid dienone is 4. The molecule has 0 aliphatic carbocycles. The average molecular weight is 849 g/mol. The Balaban J connectivity index is 4.73. The molecule has 342 valence electrons. The minimum absolute atomic E-state index is 0.146. The normalized spacial score (nSPS) is 14.5. The first kappa shape index (κ1) is 56.4. The average Bonchev–Trinajstić information content (AvgIpc) is 3.22. The third kappa shape index (κ3) is 38.6. The molecule has 3 atom stereocenters. The summed E-state index contributed by atoms with van der Waals surface area (Å²) in [6, 6.07) is 0. The van der Waals surface area contributed by atoms with Crippen molar-refractivity contribution in [3.8, 4) is 0 Å². The summed E-state index contributed by atoms with van der Waals surface area (Å²) < 4.78 is 39.9. The topological polar surface area (TPSA) is 178 Å². The molecule has 0 spiro atoms. The van der Waals surface area contributed by atoms with Crippen LogP contribution in [0.1, 0.15) is 194 Å². The molecule has 0 fully saturated rings. The first-order chi connectivity index (χ1) is 28.2. The lowest BCUT2D eigenvalue weighted by Gasteiger charge is -2.23. The fourth-order valence-corrected chi connectivity index (χ4v) is 7.33. The van der Waals surface area contributed by atoms with Gasteiger partial charge in [0.2, 0.25) is 0 Å². The van der Waals surface area contributed by atoms with Crippen molar-refractivity contribution in [1.82, 2.24) is 0 Å². The van der Waals surface area contributed by atoms with Crippen LogP contribution in [-0.2, 0) is 37.2 Å². The summed E-state index contributed by atoms with van der Waals surface area (Å²) in [5.41, 5.74) is 0. The van der Waals surface area contributed by atoms with Gasteiger partial charge >= 0.3 is 19.8 Å². The smallest absolute Gasteiger partial charge is 0.462 e. The number of ether oxygens (including phenoxy) is 2. The Morgan fingerprint density at radius 1 is 0.483 bits per heavy atom. The highest BCUT2D eigenvalue weighted by Gasteiger charge is 2.32. The molecule has 0 aromatic rings. The summed E-state index contributed by atoms with van der Waals surface area (Å²) >= 11 is 0. The van der Waals surface area contributed by atoms with Crippen LogP contribution in [0.2, 0.25) is 0 Å². The summed E-state index contributed by atoms with van der Waals surface area (Å²) in [6.07, 6.45) is 35.2. The van der Waals surface area contributed by atoms with Crippen molar-refractivity contribution in [2.75, 3.05) is 39.6 Å². The lowest BCUT2D eigenvalue weighted by atomic mass is 10.1. The number of phosphoric ester groups is 1. The van der Waals surface area contributed by atoms with E-state index in [0.29, 0.717) is 12.8 Å². The maximum atomic E-state index is 13.3. The van der Waals surface area contributed by atoms with Crippen molar-refractivity contribution in [2.24, 2.45) is 0 Å². The molecule has 0 aliphatic heterocycles. The van der Waals surface area contributed by atoms with Gasteiger partial charge in [-0.2, -0.15) is 0 Å². The number of unbranched alkanes of at least 4 members (excludes halogenated alkanes) is 22. The Morgan fingerprint density at radius 3 is 1.22 bits per heavy atom. The van der Waals surface area contributed by atoms with Crippen molar-refractivity contribution in [3.05, 3.63) is 24.3 Å². The van der Waals surface area contributed by atoms with E-state index in [4.69, 9.17) is 33.3 Å². The van der Waals surface area contributed by atoms with E-state index in [2.05, 4.69) is 38.2 Å². The molecule has 0 radical (unpaired) electrons. The van der Waals surface area contributed by atoms with Gasteiger partial charge in [-0.1, -0.05) is 141 Å². The van der Waals surface area contributed by atoms with Gasteiger partial charge in [0.15, 0.2) is 6.10 Å². The molecule has 13 heteroatoms. The van der Waals surface area contributed by atoms with Crippen LogP contribution in [0, 0.1) is 0 Å². The molecule has 0 heterocycles. The molecule has 58 heavy (non-hydrogen) atoms. The molecule has 0 saturated carbocycles. The van der Waals surface area contributed by atoms with Crippen LogP contribution in [0.15, 0.2) is 24.3 Å². The van der Waals surface area contributed by atoms with Crippen molar-refractivity contribution in [2.45, 2.75) is 212 Å². The van der Waals surface area contributed by atoms with Crippen LogP contribution < -0.4 is 0 Å². The Morgan fingerprint density at radius 2 is 0.828 bits per heavy atom. The minimum Gasteiger partial charge on any atom is -0.462 e. The molecule has 0 aromatic heterocycles. The standard InChI is InChI=1S/C45H85O12P/c1-3-5-7-9-11-13-15-17-19-21-23-25-27-29-31-33-44(50)53-39-43(40-56-58(52,54-37-41(48)35-46)55-38-42(49)36-47)57-45(51)34-32-30-28-26-24-22-20-18-16-14-12-10-8-6-4-2/h17-20,41-43,46-49H,3-16,21-40H2,1-2H3/b19-17+,20-18+. The number of esters is 2. The van der Waals surface area contributed by atoms with E-state index in [0.717, 1.165) is 77.0 Å². The Hall–Kier alpha value is -1.63. The van der Waals surface area contributed by atoms with Gasteiger partial charge < -0.3 is 29.9 Å². The Labute approximate surface area is 352 Å². The zero-order chi connectivity index (χ0) is 42.8. The first-order valence-electron chi connectivity index (χ1n) is 23.0. The number of carbonyl (C=O) groups excluding carboxylic acids is 2. The number of aliphatic hydroxyl groups is 4. The number of aliphatic hydroxyl groups excluding tert-OH is 4. The second-order valence-electron chi connectivity index (χ2n) is 15.5. The number of hydrogen-bond donors (Lipinski definition) is 4. The van der Waals surface area contributed by atoms with E-state index < -0.39 is 71.1 Å². The second kappa shape index (κ2) is 42.1. The lowest BCUT2D eigenvalue weighted by molar-refractivity contribution is -0.161. The van der Waals surface area contributed by atoms with Crippen LogP contribution >= 0.6 is 7.82 Å². The maximum absolute atomic E-state index is 13.3. The van der Waals surface area contributed by atoms with Crippen LogP contribution in [0.3, 0.4) is 0 Å². The highest BCUT2D eigenvalue weighted by atomic mass is 31.2. The fraction of sp³-hybridized carbons (Fsp3) is 0.867. The number of rotatable bonds is 44. The largest absolute Gasteiger partial charge is 0.475 e. The lowest BCUT2D eigenvalue weighted by Crippen LogP contribution is -2.30. The molecule has 0 bridgehead atoms. The summed E-state index contributed by atoms with van der Waals surface area (Å²) in [6.45, 7) is 0.994. The van der Waals surface area contributed by atoms with Crippen LogP contribution in [-0.4, -0.2) is 90.3 Å². The molecule has 0 rings (SSSR count). The molecule has 0 saturated heterocycles. The summed E-state index contributed by atoms with van der Waals surface area (Å²) in [5.74, 6) is -0.980. The van der Waals surface area contributed by atoms with Crippen LogP contribution in [0.4, 0.5) is 0 Å². The van der Waals surface area contributed by atoms with Crippen molar-refractivity contribution >= 4 is 19.8 Å². The van der Waals surface area contributed by atoms with E-state index in [-0.39, 0.29) is 19.4 Å². The van der Waals surface area contributed by atoms with Gasteiger partial charge in [-0.25, -0.2) is 4.57 Å². The molecule has 4 N–H and O–H groups in total. The van der Waals surface area contributed by atoms with Crippen LogP contribution in [0.5, 0.6) is 0 Å². The van der Waals surface area contributed by atoms with Gasteiger partial charge in [0.25, 0.3) is 0 Å². The quantitative estimate of drug-likeness (QED) is 0.0198. The predicted octanol–water partition coefficient (Wildman–Crippen LogP) is 10.4. The van der Waals surface area contributed by atoms with Gasteiger partial charge in [-0.3, -0.25) is 23.2 Å². The van der Waals surface area contributed by atoms with Gasteiger partial charge in [-0.05, 0) is 64.2 Å². The SMILES string of the molecule is CCCCCCCC/C=C/CCCCCCCC(=O)OCC(COP(=O)(OCC(O)CO)OCC(O)CO)OC(=O)CCCCCCC/C=C/CCCCCCCC. The second-order valence-corrected chi connectivity index (χ2v) is 17.1. The van der Waals surface area contributed by atoms with Crippen molar-refractivity contribution < 1.29 is 57.6 Å². The van der Waals surface area contributed by atoms with Crippen molar-refractivity contribution in [3.63, 3.8) is 0 Å². The van der Waals surface area contributed by atoms with Gasteiger partial charge in [0.05, 0.1) is 33.0 Å². The van der Waals surface area contributed by atoms with Gasteiger partial charge in [0, 0.05) is 12.8 Å². The third-order valence-corrected chi connectivity index (χ3v) is 11.1. The highest BCUT2D eigenvalue weighted by Crippen LogP contribution is 2.49. The number of hydrogen-bond acceptors (Lipinski definition) is 12. The molecular formula is C45H85O12P. The zero-order valence-corrected chi connectivity index (χ0v) is 37.5. The number of carbonyl (C=O) groups is 2. The Kier molecular flexibility index (Phi) is 40.9. The monoisotopic (exact) mass is 849 g/mol. The van der Waals surface area contributed by atoms with Gasteiger partial charge in [0.1, 0.15) is 18.8 Å². The zero-order valence-electron chi connectivity index (χ0n) is 36.6. The molecule has 3 unspecified atom stereocenters. The number of phosphoric acid groups is 1. The fourth-order valence-electron chi connectivity index (χ4n) is 6.05. The Bertz CT molecular complexity index is 1020. The van der Waals surface area contributed by atoms with Crippen LogP contribution in [0.25, 0.3) is 0 Å². The summed E-state index contributed by atoms with van der Waals surface area (Å²) in [5, 5.41) is 37.6. The molecule has 12 nitrogen and oxygen atoms in total. The van der Waals surface area contributed by atoms with Crippen molar-refractivity contribution in [1.29, 1.82) is 0 Å². The predicted molar refractivity (Wildman–Crippen MR) is 231 cm³/mol.